The molecule has 2 aliphatic carbocycles. The van der Waals surface area contributed by atoms with E-state index in [9.17, 15) is 10.2 Å². The highest BCUT2D eigenvalue weighted by atomic mass is 79.9. The summed E-state index contributed by atoms with van der Waals surface area (Å²) in [6, 6.07) is 10.5. The number of fused-ring (bicyclic) bond motifs is 2. The summed E-state index contributed by atoms with van der Waals surface area (Å²) < 4.78 is 6.48. The average molecular weight is 536 g/mol. The third-order valence-electron chi connectivity index (χ3n) is 7.80. The van der Waals surface area contributed by atoms with Gasteiger partial charge in [0.25, 0.3) is 0 Å². The standard InChI is InChI=1S/C31H35BrO3/c1-31(2,3)20-13-14-26(35-4)23(17-20)24-15-18-9-5-7-11-21(18)27(29(24)33)28-22-12-8-6-10-19(22)16-25(32)30(28)34/h13-17,33-34H,5-12H2,1-4H3. The van der Waals surface area contributed by atoms with E-state index in [1.54, 1.807) is 7.11 Å². The number of aryl methyl sites for hydroxylation is 2. The highest BCUT2D eigenvalue weighted by molar-refractivity contribution is 9.10. The number of methoxy groups -OCH3 is 1. The molecule has 3 aromatic carbocycles. The highest BCUT2D eigenvalue weighted by Crippen LogP contribution is 2.52. The van der Waals surface area contributed by atoms with Crippen LogP contribution in [0.3, 0.4) is 0 Å². The first kappa shape index (κ1) is 24.2. The normalized spacial score (nSPS) is 15.5. The van der Waals surface area contributed by atoms with E-state index in [2.05, 4.69) is 61.0 Å². The van der Waals surface area contributed by atoms with Crippen molar-refractivity contribution in [3.8, 4) is 39.5 Å². The molecule has 0 fully saturated rings. The van der Waals surface area contributed by atoms with E-state index in [1.165, 1.54) is 27.8 Å². The summed E-state index contributed by atoms with van der Waals surface area (Å²) in [6.07, 6.45) is 8.32. The van der Waals surface area contributed by atoms with Crippen LogP contribution in [-0.2, 0) is 31.1 Å². The molecular weight excluding hydrogens is 500 g/mol. The Hall–Kier alpha value is -2.46. The van der Waals surface area contributed by atoms with E-state index < -0.39 is 0 Å². The topological polar surface area (TPSA) is 49.7 Å². The van der Waals surface area contributed by atoms with Crippen molar-refractivity contribution >= 4 is 15.9 Å². The smallest absolute Gasteiger partial charge is 0.138 e. The first-order valence-electron chi connectivity index (χ1n) is 12.8. The van der Waals surface area contributed by atoms with Crippen LogP contribution >= 0.6 is 15.9 Å². The van der Waals surface area contributed by atoms with E-state index in [-0.39, 0.29) is 16.9 Å². The van der Waals surface area contributed by atoms with Crippen LogP contribution in [0.25, 0.3) is 22.3 Å². The fourth-order valence-corrected chi connectivity index (χ4v) is 6.35. The second kappa shape index (κ2) is 9.20. The van der Waals surface area contributed by atoms with Crippen molar-refractivity contribution in [3.05, 3.63) is 62.6 Å². The lowest BCUT2D eigenvalue weighted by molar-refractivity contribution is 0.415. The number of ether oxygens (including phenoxy) is 1. The van der Waals surface area contributed by atoms with Gasteiger partial charge in [-0.3, -0.25) is 0 Å². The Morgan fingerprint density at radius 2 is 1.31 bits per heavy atom. The van der Waals surface area contributed by atoms with Gasteiger partial charge in [0, 0.05) is 22.3 Å². The Kier molecular flexibility index (Phi) is 6.37. The van der Waals surface area contributed by atoms with Crippen LogP contribution in [0.4, 0.5) is 0 Å². The SMILES string of the molecule is COc1ccc(C(C)(C)C)cc1-c1cc2c(c(-c3c(O)c(Br)cc4c3CCCC4)c1O)CCCC2. The molecule has 0 amide bonds. The monoisotopic (exact) mass is 534 g/mol. The maximum Gasteiger partial charge on any atom is 0.138 e. The Labute approximate surface area is 217 Å². The van der Waals surface area contributed by atoms with E-state index in [4.69, 9.17) is 4.74 Å². The molecule has 0 saturated heterocycles. The van der Waals surface area contributed by atoms with Crippen LogP contribution in [0.2, 0.25) is 0 Å². The van der Waals surface area contributed by atoms with Crippen molar-refractivity contribution < 1.29 is 14.9 Å². The molecule has 0 aromatic heterocycles. The van der Waals surface area contributed by atoms with E-state index in [1.807, 2.05) is 6.07 Å². The van der Waals surface area contributed by atoms with Crippen LogP contribution in [0.5, 0.6) is 17.2 Å². The maximum atomic E-state index is 12.0. The molecule has 0 atom stereocenters. The average Bonchev–Trinajstić information content (AvgIpc) is 2.84. The zero-order valence-electron chi connectivity index (χ0n) is 21.2. The Morgan fingerprint density at radius 1 is 0.743 bits per heavy atom. The highest BCUT2D eigenvalue weighted by Gasteiger charge is 2.29. The second-order valence-corrected chi connectivity index (χ2v) is 11.9. The summed E-state index contributed by atoms with van der Waals surface area (Å²) in [5.41, 5.74) is 9.39. The van der Waals surface area contributed by atoms with Gasteiger partial charge in [0.05, 0.1) is 11.6 Å². The van der Waals surface area contributed by atoms with Crippen LogP contribution in [0.1, 0.15) is 74.3 Å². The number of aromatic hydroxyl groups is 2. The van der Waals surface area contributed by atoms with Crippen molar-refractivity contribution in [2.45, 2.75) is 77.6 Å². The van der Waals surface area contributed by atoms with Crippen LogP contribution < -0.4 is 4.74 Å². The molecule has 35 heavy (non-hydrogen) atoms. The van der Waals surface area contributed by atoms with Crippen molar-refractivity contribution in [2.75, 3.05) is 7.11 Å². The minimum absolute atomic E-state index is 0.0324. The molecule has 0 bridgehead atoms. The lowest BCUT2D eigenvalue weighted by Gasteiger charge is -2.28. The number of halogens is 1. The van der Waals surface area contributed by atoms with E-state index in [0.717, 1.165) is 79.4 Å². The maximum absolute atomic E-state index is 12.0. The Morgan fingerprint density at radius 3 is 1.91 bits per heavy atom. The molecule has 2 N–H and O–H groups in total. The van der Waals surface area contributed by atoms with Gasteiger partial charge in [-0.25, -0.2) is 0 Å². The molecule has 3 nitrogen and oxygen atoms in total. The molecule has 4 heteroatoms. The van der Waals surface area contributed by atoms with Gasteiger partial charge in [0.15, 0.2) is 0 Å². The molecular formula is C31H35BrO3. The van der Waals surface area contributed by atoms with Crippen LogP contribution in [0.15, 0.2) is 34.8 Å². The summed E-state index contributed by atoms with van der Waals surface area (Å²) >= 11 is 3.61. The third kappa shape index (κ3) is 4.24. The number of rotatable bonds is 3. The molecule has 0 heterocycles. The fourth-order valence-electron chi connectivity index (χ4n) is 5.88. The van der Waals surface area contributed by atoms with Gasteiger partial charge in [0.2, 0.25) is 0 Å². The minimum atomic E-state index is -0.0324. The lowest BCUT2D eigenvalue weighted by atomic mass is 9.78. The van der Waals surface area contributed by atoms with Crippen molar-refractivity contribution in [3.63, 3.8) is 0 Å². The van der Waals surface area contributed by atoms with Crippen LogP contribution in [-0.4, -0.2) is 17.3 Å². The Bertz CT molecular complexity index is 1300. The molecule has 0 saturated carbocycles. The molecule has 3 aromatic rings. The van der Waals surface area contributed by atoms with Crippen molar-refractivity contribution in [2.24, 2.45) is 0 Å². The van der Waals surface area contributed by atoms with Gasteiger partial charge < -0.3 is 14.9 Å². The summed E-state index contributed by atoms with van der Waals surface area (Å²) in [5, 5.41) is 23.4. The van der Waals surface area contributed by atoms with Gasteiger partial charge in [-0.2, -0.15) is 0 Å². The zero-order valence-corrected chi connectivity index (χ0v) is 22.8. The summed E-state index contributed by atoms with van der Waals surface area (Å²) in [6.45, 7) is 6.59. The van der Waals surface area contributed by atoms with Gasteiger partial charge in [-0.1, -0.05) is 26.8 Å². The zero-order chi connectivity index (χ0) is 24.9. The van der Waals surface area contributed by atoms with Gasteiger partial charge >= 0.3 is 0 Å². The molecule has 0 aliphatic heterocycles. The fraction of sp³-hybridized carbons (Fsp3) is 0.419. The Balaban J connectivity index is 1.85. The molecule has 0 unspecified atom stereocenters. The van der Waals surface area contributed by atoms with Crippen molar-refractivity contribution in [1.82, 2.24) is 0 Å². The van der Waals surface area contributed by atoms with Gasteiger partial charge in [0.1, 0.15) is 17.2 Å². The number of phenolic OH excluding ortho intramolecular Hbond substituents is 2. The van der Waals surface area contributed by atoms with Crippen molar-refractivity contribution in [1.29, 1.82) is 0 Å². The van der Waals surface area contributed by atoms with Gasteiger partial charge in [-0.05, 0) is 125 Å². The quantitative estimate of drug-likeness (QED) is 0.355. The molecule has 2 aliphatic rings. The van der Waals surface area contributed by atoms with E-state index >= 15 is 0 Å². The lowest BCUT2D eigenvalue weighted by Crippen LogP contribution is -2.12. The molecule has 184 valence electrons. The predicted molar refractivity (Wildman–Crippen MR) is 147 cm³/mol. The largest absolute Gasteiger partial charge is 0.507 e. The second-order valence-electron chi connectivity index (χ2n) is 11.1. The molecule has 0 radical (unpaired) electrons. The molecule has 5 rings (SSSR count). The van der Waals surface area contributed by atoms with Crippen LogP contribution in [0, 0.1) is 0 Å². The number of phenols is 2. The minimum Gasteiger partial charge on any atom is -0.507 e. The third-order valence-corrected chi connectivity index (χ3v) is 8.41. The summed E-state index contributed by atoms with van der Waals surface area (Å²) in [5.74, 6) is 1.23. The number of hydrogen-bond donors (Lipinski definition) is 2. The van der Waals surface area contributed by atoms with E-state index in [0.29, 0.717) is 4.47 Å². The first-order valence-corrected chi connectivity index (χ1v) is 13.6. The van der Waals surface area contributed by atoms with Gasteiger partial charge in [-0.15, -0.1) is 0 Å². The number of benzene rings is 3. The predicted octanol–water partition coefficient (Wildman–Crippen LogP) is 8.26. The first-order chi connectivity index (χ1) is 16.7. The molecule has 0 spiro atoms. The summed E-state index contributed by atoms with van der Waals surface area (Å²) in [7, 11) is 1.68. The summed E-state index contributed by atoms with van der Waals surface area (Å²) in [4.78, 5) is 0. The number of hydrogen-bond acceptors (Lipinski definition) is 3.